The Morgan fingerprint density at radius 3 is 2.14 bits per heavy atom. The van der Waals surface area contributed by atoms with Crippen LogP contribution >= 0.6 is 0 Å². The first-order valence-electron chi connectivity index (χ1n) is 21.2. The van der Waals surface area contributed by atoms with E-state index in [1.807, 2.05) is 6.92 Å². The van der Waals surface area contributed by atoms with Crippen LogP contribution < -0.4 is 0 Å². The van der Waals surface area contributed by atoms with Gasteiger partial charge in [-0.15, -0.1) is 0 Å². The summed E-state index contributed by atoms with van der Waals surface area (Å²) in [7, 11) is 0. The zero-order valence-electron chi connectivity index (χ0n) is 32.7. The van der Waals surface area contributed by atoms with Gasteiger partial charge in [0.15, 0.2) is 0 Å². The third-order valence-electron chi connectivity index (χ3n) is 14.0. The van der Waals surface area contributed by atoms with Crippen molar-refractivity contribution in [2.75, 3.05) is 6.61 Å². The predicted octanol–water partition coefficient (Wildman–Crippen LogP) is 2.38. The molecule has 0 aromatic rings. The van der Waals surface area contributed by atoms with Gasteiger partial charge in [-0.1, -0.05) is 27.0 Å². The predicted molar refractivity (Wildman–Crippen MR) is 197 cm³/mol. The highest BCUT2D eigenvalue weighted by atomic mass is 16.6. The summed E-state index contributed by atoms with van der Waals surface area (Å²) in [5.41, 5.74) is 1.97. The van der Waals surface area contributed by atoms with E-state index in [0.29, 0.717) is 38.5 Å². The molecule has 8 heterocycles. The molecule has 0 aromatic heterocycles. The zero-order valence-corrected chi connectivity index (χ0v) is 32.7. The topological polar surface area (TPSA) is 189 Å². The highest BCUT2D eigenvalue weighted by Gasteiger charge is 2.57. The molecular formula is C42H62O14. The minimum Gasteiger partial charge on any atom is -0.459 e. The second kappa shape index (κ2) is 17.0. The van der Waals surface area contributed by atoms with Gasteiger partial charge >= 0.3 is 5.97 Å². The van der Waals surface area contributed by atoms with E-state index >= 15 is 0 Å². The Hall–Kier alpha value is -1.82. The van der Waals surface area contributed by atoms with E-state index in [9.17, 15) is 30.0 Å². The maximum atomic E-state index is 13.9. The quantitative estimate of drug-likeness (QED) is 0.236. The maximum Gasteiger partial charge on any atom is 0.308 e. The lowest BCUT2D eigenvalue weighted by Crippen LogP contribution is -2.62. The highest BCUT2D eigenvalue weighted by molar-refractivity contribution is 5.79. The summed E-state index contributed by atoms with van der Waals surface area (Å²) in [5.74, 6) is -0.665. The van der Waals surface area contributed by atoms with E-state index in [-0.39, 0.29) is 74.3 Å². The molecule has 2 unspecified atom stereocenters. The average Bonchev–Trinajstić information content (AvgIpc) is 3.68. The highest BCUT2D eigenvalue weighted by Crippen LogP contribution is 2.44. The van der Waals surface area contributed by atoms with Crippen LogP contribution in [0.2, 0.25) is 0 Å². The molecule has 20 atom stereocenters. The molecule has 0 aromatic carbocycles. The molecule has 8 bridgehead atoms. The van der Waals surface area contributed by atoms with E-state index in [4.69, 9.17) is 37.9 Å². The summed E-state index contributed by atoms with van der Waals surface area (Å²) in [6, 6.07) is 0. The van der Waals surface area contributed by atoms with Gasteiger partial charge in [0, 0.05) is 38.2 Å². The van der Waals surface area contributed by atoms with Crippen molar-refractivity contribution in [3.8, 4) is 0 Å². The summed E-state index contributed by atoms with van der Waals surface area (Å²) in [5, 5.41) is 43.2. The molecule has 4 N–H and O–H groups in total. The Bertz CT molecular complexity index is 1460. The third-order valence-corrected chi connectivity index (χ3v) is 14.0. The molecule has 0 radical (unpaired) electrons. The minimum atomic E-state index is -1.13. The van der Waals surface area contributed by atoms with Crippen LogP contribution in [0.3, 0.4) is 0 Å². The number of rotatable bonds is 2. The van der Waals surface area contributed by atoms with Crippen molar-refractivity contribution >= 4 is 11.8 Å². The van der Waals surface area contributed by atoms with Gasteiger partial charge in [-0.3, -0.25) is 9.59 Å². The number of hydrogen-bond acceptors (Lipinski definition) is 14. The molecule has 8 fully saturated rings. The number of ketones is 1. The lowest BCUT2D eigenvalue weighted by Gasteiger charge is -2.51. The first-order chi connectivity index (χ1) is 26.9. The molecule has 14 heteroatoms. The van der Waals surface area contributed by atoms with E-state index in [2.05, 4.69) is 20.1 Å². The Balaban J connectivity index is 1.03. The third kappa shape index (κ3) is 8.32. The zero-order chi connectivity index (χ0) is 39.4. The normalized spacial score (nSPS) is 50.5. The summed E-state index contributed by atoms with van der Waals surface area (Å²) < 4.78 is 51.3. The molecular weight excluding hydrogens is 728 g/mol. The van der Waals surface area contributed by atoms with Gasteiger partial charge in [-0.05, 0) is 68.4 Å². The van der Waals surface area contributed by atoms with E-state index in [1.165, 1.54) is 0 Å². The van der Waals surface area contributed by atoms with Crippen LogP contribution in [0.5, 0.6) is 0 Å². The molecule has 314 valence electrons. The lowest BCUT2D eigenvalue weighted by molar-refractivity contribution is -0.275. The van der Waals surface area contributed by atoms with Gasteiger partial charge < -0.3 is 58.3 Å². The molecule has 0 spiro atoms. The van der Waals surface area contributed by atoms with Crippen molar-refractivity contribution in [3.63, 3.8) is 0 Å². The van der Waals surface area contributed by atoms with Crippen LogP contribution in [0.25, 0.3) is 0 Å². The van der Waals surface area contributed by atoms with Crippen molar-refractivity contribution in [2.24, 2.45) is 11.8 Å². The van der Waals surface area contributed by atoms with Crippen LogP contribution in [-0.2, 0) is 47.5 Å². The Kier molecular flexibility index (Phi) is 12.5. The average molecular weight is 791 g/mol. The molecule has 56 heavy (non-hydrogen) atoms. The van der Waals surface area contributed by atoms with E-state index < -0.39 is 91.4 Å². The van der Waals surface area contributed by atoms with Gasteiger partial charge in [0.1, 0.15) is 42.4 Å². The van der Waals surface area contributed by atoms with Crippen molar-refractivity contribution in [3.05, 3.63) is 24.3 Å². The Morgan fingerprint density at radius 2 is 1.34 bits per heavy atom. The van der Waals surface area contributed by atoms with Crippen molar-refractivity contribution in [1.82, 2.24) is 0 Å². The Labute approximate surface area is 329 Å². The molecule has 8 saturated heterocycles. The fourth-order valence-electron chi connectivity index (χ4n) is 10.8. The number of aliphatic hydroxyl groups is 4. The maximum absolute atomic E-state index is 13.9. The first kappa shape index (κ1) is 40.9. The van der Waals surface area contributed by atoms with Gasteiger partial charge in [0.2, 0.25) is 0 Å². The monoisotopic (exact) mass is 790 g/mol. The number of carbonyl (C=O) groups excluding carboxylic acids is 2. The molecule has 14 nitrogen and oxygen atoms in total. The molecule has 8 rings (SSSR count). The number of esters is 1. The standard InChI is InChI=1S/C42H62O14/c1-19-13-25-7-9-28-20(2)14-24(49-28)6-5-23(44)15-32-36(47)41-42(55-32)37(48)40-30(54-41)10-8-26(51-40)16-35(46)56-39-22(4)38-33(17-27(45)29(53-38)11-12-43)52-34(39)18-31(50-25)21(19)3/h19,22,24-34,36-43,45,47-48H,2-3,5-18H2,1,4H3/t19-,22+,24+,25+,26?,27-,28+,29-,30+,31-,32-,33+,34+,36+,37+,38+,39?,40+,41+,42+/m1/s1. The summed E-state index contributed by atoms with van der Waals surface area (Å²) in [6.07, 6.45) is -5.21. The number of ether oxygens (including phenoxy) is 8. The van der Waals surface area contributed by atoms with Crippen molar-refractivity contribution in [1.29, 1.82) is 0 Å². The SMILES string of the molecule is C=C1C[C@@H]2CCC(=O)C[C@H]3O[C@H]4[C@@H](O)[C@H]5OC(CC[C@@H]5O[C@H]4[C@H]3O)CC(=O)OC3[C@H](C[C@H]4O[C@@H](CC[C@@H]1O2)C[C@@H](C)C4=C)O[C@H]1C[C@@H](O)[C@@H](CCO)O[C@H]1[C@@H]3C. The number of carbonyl (C=O) groups is 2. The Morgan fingerprint density at radius 1 is 0.625 bits per heavy atom. The van der Waals surface area contributed by atoms with Crippen LogP contribution in [0, 0.1) is 11.8 Å². The number of hydrogen-bond donors (Lipinski definition) is 4. The molecule has 8 aliphatic rings. The van der Waals surface area contributed by atoms with Crippen LogP contribution in [0.1, 0.15) is 97.3 Å². The fraction of sp³-hybridized carbons (Fsp3) is 0.857. The number of fused-ring (bicyclic) bond motifs is 8. The van der Waals surface area contributed by atoms with Gasteiger partial charge in [0.25, 0.3) is 0 Å². The summed E-state index contributed by atoms with van der Waals surface area (Å²) >= 11 is 0. The van der Waals surface area contributed by atoms with Gasteiger partial charge in [0.05, 0.1) is 79.7 Å². The van der Waals surface area contributed by atoms with Gasteiger partial charge in [-0.2, -0.15) is 0 Å². The van der Waals surface area contributed by atoms with E-state index in [1.54, 1.807) is 0 Å². The number of Topliss-reactive ketones (excluding diaryl/α,β-unsaturated/α-hetero) is 1. The van der Waals surface area contributed by atoms with Crippen LogP contribution in [0.15, 0.2) is 24.3 Å². The van der Waals surface area contributed by atoms with Gasteiger partial charge in [-0.25, -0.2) is 0 Å². The molecule has 0 amide bonds. The second-order valence-electron chi connectivity index (χ2n) is 17.9. The van der Waals surface area contributed by atoms with Crippen molar-refractivity contribution in [2.45, 2.75) is 207 Å². The van der Waals surface area contributed by atoms with Crippen molar-refractivity contribution < 1.29 is 67.9 Å². The molecule has 8 aliphatic heterocycles. The smallest absolute Gasteiger partial charge is 0.308 e. The number of aliphatic hydroxyl groups excluding tert-OH is 4. The van der Waals surface area contributed by atoms with E-state index in [0.717, 1.165) is 30.4 Å². The van der Waals surface area contributed by atoms with Crippen LogP contribution in [-0.4, -0.2) is 149 Å². The molecule has 0 aliphatic carbocycles. The summed E-state index contributed by atoms with van der Waals surface area (Å²) in [4.78, 5) is 27.0. The molecule has 0 saturated carbocycles. The lowest BCUT2D eigenvalue weighted by atomic mass is 9.79. The largest absolute Gasteiger partial charge is 0.459 e. The second-order valence-corrected chi connectivity index (χ2v) is 17.9. The fourth-order valence-corrected chi connectivity index (χ4v) is 10.8. The first-order valence-corrected chi connectivity index (χ1v) is 21.2. The van der Waals surface area contributed by atoms with Crippen LogP contribution in [0.4, 0.5) is 0 Å². The minimum absolute atomic E-state index is 0.00469. The summed E-state index contributed by atoms with van der Waals surface area (Å²) in [6.45, 7) is 12.7.